The van der Waals surface area contributed by atoms with Crippen molar-refractivity contribution >= 4 is 10.4 Å². The van der Waals surface area contributed by atoms with Gasteiger partial charge in [0.1, 0.15) is 0 Å². The van der Waals surface area contributed by atoms with E-state index in [9.17, 15) is 8.42 Å². The van der Waals surface area contributed by atoms with Gasteiger partial charge in [0.15, 0.2) is 0 Å². The predicted molar refractivity (Wildman–Crippen MR) is 51.9 cm³/mol. The number of hydrogen-bond acceptors (Lipinski definition) is 6. The first-order chi connectivity index (χ1) is 6.22. The van der Waals surface area contributed by atoms with Crippen LogP contribution >= 0.6 is 0 Å². The van der Waals surface area contributed by atoms with Crippen LogP contribution in [0.2, 0.25) is 0 Å². The molecule has 2 atom stereocenters. The highest BCUT2D eigenvalue weighted by Crippen LogP contribution is 1.91. The van der Waals surface area contributed by atoms with Gasteiger partial charge in [-0.2, -0.15) is 8.42 Å². The molecule has 0 radical (unpaired) electrons. The monoisotopic (exact) mass is 230 g/mol. The SMILES string of the molecule is CC(O)CC(N)CN.COS(=O)(=O)O. The second-order valence-electron chi connectivity index (χ2n) is 2.67. The van der Waals surface area contributed by atoms with Crippen LogP contribution in [-0.2, 0) is 14.6 Å². The number of nitrogens with two attached hydrogens (primary N) is 2. The summed E-state index contributed by atoms with van der Waals surface area (Å²) in [5, 5.41) is 8.72. The van der Waals surface area contributed by atoms with Gasteiger partial charge in [0.2, 0.25) is 0 Å². The van der Waals surface area contributed by atoms with E-state index in [2.05, 4.69) is 4.18 Å². The van der Waals surface area contributed by atoms with E-state index < -0.39 is 10.4 Å². The summed E-state index contributed by atoms with van der Waals surface area (Å²) in [6.45, 7) is 2.15. The molecular weight excluding hydrogens is 212 g/mol. The molecule has 0 aliphatic heterocycles. The van der Waals surface area contributed by atoms with Crippen LogP contribution < -0.4 is 11.5 Å². The lowest BCUT2D eigenvalue weighted by molar-refractivity contribution is 0.175. The molecule has 0 aliphatic rings. The molecule has 2 unspecified atom stereocenters. The first-order valence-electron chi connectivity index (χ1n) is 3.89. The molecule has 0 spiro atoms. The summed E-state index contributed by atoms with van der Waals surface area (Å²) in [6.07, 6.45) is 0.268. The lowest BCUT2D eigenvalue weighted by Gasteiger charge is -2.09. The van der Waals surface area contributed by atoms with Crippen molar-refractivity contribution in [2.75, 3.05) is 13.7 Å². The summed E-state index contributed by atoms with van der Waals surface area (Å²) in [4.78, 5) is 0. The third-order valence-corrected chi connectivity index (χ3v) is 1.58. The Morgan fingerprint density at radius 1 is 1.50 bits per heavy atom. The van der Waals surface area contributed by atoms with Crippen molar-refractivity contribution in [3.63, 3.8) is 0 Å². The van der Waals surface area contributed by atoms with Crippen molar-refractivity contribution in [2.24, 2.45) is 11.5 Å². The van der Waals surface area contributed by atoms with Gasteiger partial charge in [-0.1, -0.05) is 0 Å². The second-order valence-corrected chi connectivity index (χ2v) is 3.86. The zero-order valence-corrected chi connectivity index (χ0v) is 9.07. The lowest BCUT2D eigenvalue weighted by atomic mass is 10.1. The second kappa shape index (κ2) is 8.09. The molecule has 14 heavy (non-hydrogen) atoms. The average molecular weight is 230 g/mol. The first-order valence-corrected chi connectivity index (χ1v) is 5.26. The Hall–Kier alpha value is -0.250. The molecule has 0 saturated carbocycles. The number of aliphatic hydroxyl groups is 1. The van der Waals surface area contributed by atoms with Gasteiger partial charge < -0.3 is 16.6 Å². The fraction of sp³-hybridized carbons (Fsp3) is 1.00. The molecule has 0 aromatic carbocycles. The normalized spacial score (nSPS) is 15.3. The Morgan fingerprint density at radius 3 is 1.93 bits per heavy atom. The van der Waals surface area contributed by atoms with Crippen LogP contribution in [0.3, 0.4) is 0 Å². The van der Waals surface area contributed by atoms with E-state index >= 15 is 0 Å². The predicted octanol–water partition coefficient (Wildman–Crippen LogP) is -1.52. The first kappa shape index (κ1) is 16.2. The summed E-state index contributed by atoms with van der Waals surface area (Å²) in [7, 11) is -3.29. The zero-order chi connectivity index (χ0) is 11.8. The molecule has 0 aromatic heterocycles. The molecule has 0 aliphatic carbocycles. The van der Waals surface area contributed by atoms with E-state index in [-0.39, 0.29) is 12.1 Å². The standard InChI is InChI=1S/C5H14N2O.CH4O4S/c1-4(8)2-5(7)3-6;1-5-6(2,3)4/h4-5,8H,2-3,6-7H2,1H3;1H3,(H,2,3,4). The number of aliphatic hydroxyl groups excluding tert-OH is 1. The van der Waals surface area contributed by atoms with Gasteiger partial charge in [-0.05, 0) is 13.3 Å². The van der Waals surface area contributed by atoms with E-state index in [0.29, 0.717) is 13.0 Å². The molecule has 7 nitrogen and oxygen atoms in total. The van der Waals surface area contributed by atoms with E-state index in [4.69, 9.17) is 21.1 Å². The van der Waals surface area contributed by atoms with E-state index in [1.54, 1.807) is 6.92 Å². The minimum Gasteiger partial charge on any atom is -0.393 e. The van der Waals surface area contributed by atoms with Gasteiger partial charge in [0.05, 0.1) is 13.2 Å². The Balaban J connectivity index is 0. The molecule has 6 N–H and O–H groups in total. The maximum absolute atomic E-state index is 9.33. The van der Waals surface area contributed by atoms with Crippen molar-refractivity contribution in [2.45, 2.75) is 25.5 Å². The largest absolute Gasteiger partial charge is 0.397 e. The summed E-state index contributed by atoms with van der Waals surface area (Å²) < 4.78 is 29.7. The smallest absolute Gasteiger partial charge is 0.393 e. The van der Waals surface area contributed by atoms with Crippen LogP contribution in [0.5, 0.6) is 0 Å². The molecule has 88 valence electrons. The van der Waals surface area contributed by atoms with Crippen LogP contribution in [0.1, 0.15) is 13.3 Å². The maximum atomic E-state index is 9.33. The number of hydrogen-bond donors (Lipinski definition) is 4. The van der Waals surface area contributed by atoms with Crippen LogP contribution in [0.15, 0.2) is 0 Å². The van der Waals surface area contributed by atoms with Crippen molar-refractivity contribution in [1.82, 2.24) is 0 Å². The molecule has 8 heteroatoms. The molecule has 0 saturated heterocycles. The molecule has 0 aromatic rings. The Bertz CT molecular complexity index is 216. The molecular formula is C6H18N2O5S. The van der Waals surface area contributed by atoms with E-state index in [1.165, 1.54) is 0 Å². The van der Waals surface area contributed by atoms with Crippen LogP contribution in [0.4, 0.5) is 0 Å². The highest BCUT2D eigenvalue weighted by atomic mass is 32.3. The summed E-state index contributed by atoms with van der Waals surface area (Å²) in [5.41, 5.74) is 10.6. The maximum Gasteiger partial charge on any atom is 0.397 e. The van der Waals surface area contributed by atoms with Crippen LogP contribution in [0.25, 0.3) is 0 Å². The topological polar surface area (TPSA) is 136 Å². The molecule has 0 heterocycles. The molecule has 0 amide bonds. The van der Waals surface area contributed by atoms with Gasteiger partial charge in [-0.3, -0.25) is 8.74 Å². The highest BCUT2D eigenvalue weighted by molar-refractivity contribution is 7.80. The van der Waals surface area contributed by atoms with Crippen molar-refractivity contribution in [1.29, 1.82) is 0 Å². The van der Waals surface area contributed by atoms with Crippen LogP contribution in [-0.4, -0.2) is 43.9 Å². The van der Waals surface area contributed by atoms with Gasteiger partial charge in [0.25, 0.3) is 0 Å². The summed E-state index contributed by atoms with van der Waals surface area (Å²) in [6, 6.07) is -0.0463. The molecule has 0 fully saturated rings. The average Bonchev–Trinajstić information content (AvgIpc) is 2.03. The van der Waals surface area contributed by atoms with Crippen LogP contribution in [0, 0.1) is 0 Å². The fourth-order valence-corrected chi connectivity index (χ4v) is 0.534. The fourth-order valence-electron chi connectivity index (χ4n) is 0.534. The van der Waals surface area contributed by atoms with Crippen molar-refractivity contribution in [3.05, 3.63) is 0 Å². The minimum atomic E-state index is -4.16. The molecule has 0 bridgehead atoms. The third kappa shape index (κ3) is 17.7. The number of rotatable bonds is 4. The summed E-state index contributed by atoms with van der Waals surface area (Å²) in [5.74, 6) is 0. The van der Waals surface area contributed by atoms with E-state index in [0.717, 1.165) is 7.11 Å². The third-order valence-electron chi connectivity index (χ3n) is 1.16. The Kier molecular flexibility index (Phi) is 9.36. The Morgan fingerprint density at radius 2 is 1.86 bits per heavy atom. The Labute approximate surface area is 84.0 Å². The lowest BCUT2D eigenvalue weighted by Crippen LogP contribution is -2.32. The highest BCUT2D eigenvalue weighted by Gasteiger charge is 2.02. The van der Waals surface area contributed by atoms with Gasteiger partial charge in [-0.15, -0.1) is 0 Å². The summed E-state index contributed by atoms with van der Waals surface area (Å²) >= 11 is 0. The van der Waals surface area contributed by atoms with Crippen molar-refractivity contribution in [3.8, 4) is 0 Å². The van der Waals surface area contributed by atoms with Crippen molar-refractivity contribution < 1.29 is 22.3 Å². The van der Waals surface area contributed by atoms with E-state index in [1.807, 2.05) is 0 Å². The van der Waals surface area contributed by atoms with Gasteiger partial charge >= 0.3 is 10.4 Å². The molecule has 0 rings (SSSR count). The zero-order valence-electron chi connectivity index (χ0n) is 8.25. The minimum absolute atomic E-state index is 0.0463. The quantitative estimate of drug-likeness (QED) is 0.430. The van der Waals surface area contributed by atoms with Gasteiger partial charge in [-0.25, -0.2) is 0 Å². The van der Waals surface area contributed by atoms with Gasteiger partial charge in [0, 0.05) is 12.6 Å².